The molecule has 3 rings (SSSR count). The number of halogens is 1. The quantitative estimate of drug-likeness (QED) is 0.794. The first-order chi connectivity index (χ1) is 10.2. The van der Waals surface area contributed by atoms with Gasteiger partial charge in [-0.2, -0.15) is 0 Å². The highest BCUT2D eigenvalue weighted by Crippen LogP contribution is 2.41. The van der Waals surface area contributed by atoms with E-state index in [4.69, 9.17) is 12.2 Å². The molecule has 7 heteroatoms. The van der Waals surface area contributed by atoms with Crippen LogP contribution in [-0.4, -0.2) is 33.3 Å². The third-order valence-electron chi connectivity index (χ3n) is 3.42. The van der Waals surface area contributed by atoms with Gasteiger partial charge in [-0.3, -0.25) is 4.98 Å². The zero-order valence-electron chi connectivity index (χ0n) is 11.1. The second-order valence-corrected chi connectivity index (χ2v) is 7.57. The molecule has 2 aromatic heterocycles. The first-order valence-electron chi connectivity index (χ1n) is 6.55. The van der Waals surface area contributed by atoms with Crippen LogP contribution in [0, 0.1) is 0 Å². The number of nitrogens with one attached hydrogen (secondary N) is 1. The molecule has 4 nitrogen and oxygen atoms in total. The molecule has 110 valence electrons. The number of β-amino-alcohol motifs (C(OH)–C–C–N with tert-alkyl or cyclic N) is 1. The van der Waals surface area contributed by atoms with Gasteiger partial charge in [-0.25, -0.2) is 0 Å². The predicted molar refractivity (Wildman–Crippen MR) is 91.3 cm³/mol. The largest absolute Gasteiger partial charge is 0.395 e. The molecule has 0 spiro atoms. The van der Waals surface area contributed by atoms with Crippen LogP contribution in [0.3, 0.4) is 0 Å². The number of thiophene rings is 1. The molecule has 0 bridgehead atoms. The van der Waals surface area contributed by atoms with Crippen molar-refractivity contribution >= 4 is 44.6 Å². The molecule has 0 aliphatic carbocycles. The third-order valence-corrected chi connectivity index (χ3v) is 5.47. The summed E-state index contributed by atoms with van der Waals surface area (Å²) in [5.74, 6) is 0. The number of nitrogens with zero attached hydrogens (tertiary/aromatic N) is 2. The van der Waals surface area contributed by atoms with E-state index < -0.39 is 0 Å². The van der Waals surface area contributed by atoms with E-state index in [0.717, 1.165) is 9.48 Å². The van der Waals surface area contributed by atoms with Gasteiger partial charge in [0.25, 0.3) is 0 Å². The molecular weight excluding hydrogens is 370 g/mol. The number of aliphatic hydroxyl groups excluding tert-OH is 1. The Kier molecular flexibility index (Phi) is 4.54. The fourth-order valence-corrected chi connectivity index (χ4v) is 4.46. The number of hydrogen-bond donors (Lipinski definition) is 2. The summed E-state index contributed by atoms with van der Waals surface area (Å²) >= 11 is 10.6. The molecule has 0 amide bonds. The normalized spacial score (nSPS) is 21.6. The Labute approximate surface area is 140 Å². The number of hydrogen-bond acceptors (Lipinski definition) is 4. The number of aliphatic hydroxyl groups is 1. The maximum atomic E-state index is 9.32. The van der Waals surface area contributed by atoms with Gasteiger partial charge in [0.1, 0.15) is 0 Å². The monoisotopic (exact) mass is 383 g/mol. The van der Waals surface area contributed by atoms with Gasteiger partial charge in [0.05, 0.1) is 28.2 Å². The van der Waals surface area contributed by atoms with Crippen molar-refractivity contribution in [2.75, 3.05) is 13.2 Å². The van der Waals surface area contributed by atoms with E-state index in [1.54, 1.807) is 17.5 Å². The summed E-state index contributed by atoms with van der Waals surface area (Å²) in [4.78, 5) is 7.68. The SMILES string of the molecule is OCCN1C(=S)N[C@@H](c2ccccn2)[C@@H]1c1ccc(Br)s1. The molecule has 1 saturated heterocycles. The van der Waals surface area contributed by atoms with E-state index in [1.165, 1.54) is 4.88 Å². The molecule has 1 aliphatic heterocycles. The zero-order valence-corrected chi connectivity index (χ0v) is 14.3. The number of rotatable bonds is 4. The lowest BCUT2D eigenvalue weighted by molar-refractivity contribution is 0.224. The van der Waals surface area contributed by atoms with E-state index in [1.807, 2.05) is 29.2 Å². The van der Waals surface area contributed by atoms with E-state index in [-0.39, 0.29) is 18.7 Å². The fourth-order valence-electron chi connectivity index (χ4n) is 2.55. The Balaban J connectivity index is 2.00. The van der Waals surface area contributed by atoms with Crippen molar-refractivity contribution in [3.05, 3.63) is 50.9 Å². The number of thiocarbonyl (C=S) groups is 1. The molecule has 0 radical (unpaired) electrons. The van der Waals surface area contributed by atoms with Crippen molar-refractivity contribution in [1.29, 1.82) is 0 Å². The molecule has 0 saturated carbocycles. The molecule has 1 fully saturated rings. The second kappa shape index (κ2) is 6.39. The average molecular weight is 384 g/mol. The Morgan fingerprint density at radius 2 is 2.24 bits per heavy atom. The van der Waals surface area contributed by atoms with Gasteiger partial charge < -0.3 is 15.3 Å². The smallest absolute Gasteiger partial charge is 0.170 e. The van der Waals surface area contributed by atoms with Crippen molar-refractivity contribution in [3.8, 4) is 0 Å². The molecular formula is C14H14BrN3OS2. The molecule has 0 unspecified atom stereocenters. The van der Waals surface area contributed by atoms with Gasteiger partial charge in [-0.15, -0.1) is 11.3 Å². The van der Waals surface area contributed by atoms with Crippen LogP contribution in [0.5, 0.6) is 0 Å². The van der Waals surface area contributed by atoms with Gasteiger partial charge in [0, 0.05) is 17.6 Å². The fraction of sp³-hybridized carbons (Fsp3) is 0.286. The summed E-state index contributed by atoms with van der Waals surface area (Å²) in [6.07, 6.45) is 1.79. The molecule has 2 aromatic rings. The van der Waals surface area contributed by atoms with Crippen molar-refractivity contribution < 1.29 is 5.11 Å². The highest BCUT2D eigenvalue weighted by molar-refractivity contribution is 9.11. The van der Waals surface area contributed by atoms with Crippen molar-refractivity contribution in [2.45, 2.75) is 12.1 Å². The topological polar surface area (TPSA) is 48.4 Å². The predicted octanol–water partition coefficient (Wildman–Crippen LogP) is 2.87. The highest BCUT2D eigenvalue weighted by Gasteiger charge is 2.40. The lowest BCUT2D eigenvalue weighted by Crippen LogP contribution is -2.31. The highest BCUT2D eigenvalue weighted by atomic mass is 79.9. The van der Waals surface area contributed by atoms with Gasteiger partial charge in [-0.05, 0) is 52.4 Å². The molecule has 2 N–H and O–H groups in total. The summed E-state index contributed by atoms with van der Waals surface area (Å²) in [5, 5.41) is 13.3. The maximum absolute atomic E-state index is 9.32. The van der Waals surface area contributed by atoms with Gasteiger partial charge >= 0.3 is 0 Å². The Morgan fingerprint density at radius 3 is 2.86 bits per heavy atom. The van der Waals surface area contributed by atoms with Gasteiger partial charge in [-0.1, -0.05) is 6.07 Å². The van der Waals surface area contributed by atoms with E-state index >= 15 is 0 Å². The standard InChI is InChI=1S/C14H14BrN3OS2/c15-11-5-4-10(21-11)13-12(9-3-1-2-6-16-9)17-14(20)18(13)7-8-19/h1-6,12-13,19H,7-8H2,(H,17,20)/t12-,13-/m0/s1. The van der Waals surface area contributed by atoms with Crippen LogP contribution < -0.4 is 5.32 Å². The first-order valence-corrected chi connectivity index (χ1v) is 8.56. The molecule has 3 heterocycles. The third kappa shape index (κ3) is 2.96. The van der Waals surface area contributed by atoms with E-state index in [9.17, 15) is 5.11 Å². The van der Waals surface area contributed by atoms with Crippen LogP contribution in [-0.2, 0) is 0 Å². The van der Waals surface area contributed by atoms with Crippen LogP contribution in [0.2, 0.25) is 0 Å². The lowest BCUT2D eigenvalue weighted by Gasteiger charge is -2.25. The van der Waals surface area contributed by atoms with E-state index in [0.29, 0.717) is 11.7 Å². The molecule has 2 atom stereocenters. The minimum absolute atomic E-state index is 0.00389. The Morgan fingerprint density at radius 1 is 1.38 bits per heavy atom. The summed E-state index contributed by atoms with van der Waals surface area (Å²) < 4.78 is 1.08. The van der Waals surface area contributed by atoms with Crippen molar-refractivity contribution in [1.82, 2.24) is 15.2 Å². The maximum Gasteiger partial charge on any atom is 0.170 e. The van der Waals surface area contributed by atoms with Crippen LogP contribution in [0.25, 0.3) is 0 Å². The van der Waals surface area contributed by atoms with Crippen molar-refractivity contribution in [3.63, 3.8) is 0 Å². The van der Waals surface area contributed by atoms with Crippen molar-refractivity contribution in [2.24, 2.45) is 0 Å². The molecule has 0 aromatic carbocycles. The Hall–Kier alpha value is -1.02. The van der Waals surface area contributed by atoms with E-state index in [2.05, 4.69) is 32.3 Å². The van der Waals surface area contributed by atoms with Crippen LogP contribution in [0.1, 0.15) is 22.7 Å². The van der Waals surface area contributed by atoms with Crippen LogP contribution in [0.4, 0.5) is 0 Å². The second-order valence-electron chi connectivity index (χ2n) is 4.69. The minimum atomic E-state index is -0.00389. The lowest BCUT2D eigenvalue weighted by atomic mass is 10.0. The van der Waals surface area contributed by atoms with Gasteiger partial charge in [0.15, 0.2) is 5.11 Å². The first kappa shape index (κ1) is 14.9. The molecule has 21 heavy (non-hydrogen) atoms. The van der Waals surface area contributed by atoms with Crippen LogP contribution >= 0.6 is 39.5 Å². The summed E-state index contributed by atoms with van der Waals surface area (Å²) in [7, 11) is 0. The summed E-state index contributed by atoms with van der Waals surface area (Å²) in [5.41, 5.74) is 0.954. The summed E-state index contributed by atoms with van der Waals surface area (Å²) in [6, 6.07) is 10.1. The van der Waals surface area contributed by atoms with Crippen LogP contribution in [0.15, 0.2) is 40.3 Å². The zero-order chi connectivity index (χ0) is 14.8. The number of aromatic nitrogens is 1. The molecule has 1 aliphatic rings. The average Bonchev–Trinajstić information content (AvgIpc) is 3.05. The number of pyridine rings is 1. The minimum Gasteiger partial charge on any atom is -0.395 e. The van der Waals surface area contributed by atoms with Gasteiger partial charge in [0.2, 0.25) is 0 Å². The summed E-state index contributed by atoms with van der Waals surface area (Å²) in [6.45, 7) is 0.579. The Bertz CT molecular complexity index is 634.